The van der Waals surface area contributed by atoms with E-state index < -0.39 is 0 Å². The summed E-state index contributed by atoms with van der Waals surface area (Å²) in [6.07, 6.45) is 5.64. The molecule has 0 atom stereocenters. The summed E-state index contributed by atoms with van der Waals surface area (Å²) in [6, 6.07) is 6.38. The van der Waals surface area contributed by atoms with Crippen molar-refractivity contribution in [2.45, 2.75) is 12.8 Å². The monoisotopic (exact) mass is 190 g/mol. The Morgan fingerprint density at radius 1 is 1.29 bits per heavy atom. The van der Waals surface area contributed by atoms with Crippen LogP contribution in [-0.4, -0.2) is 13.7 Å². The number of hydrogen-bond donors (Lipinski definition) is 0. The van der Waals surface area contributed by atoms with Gasteiger partial charge < -0.3 is 9.15 Å². The molecular formula is C12H14O2. The van der Waals surface area contributed by atoms with Gasteiger partial charge in [-0.3, -0.25) is 0 Å². The van der Waals surface area contributed by atoms with Crippen molar-refractivity contribution in [3.63, 3.8) is 0 Å². The molecule has 0 aromatic rings. The topological polar surface area (TPSA) is 22.4 Å². The Bertz CT molecular complexity index is 335. The summed E-state index contributed by atoms with van der Waals surface area (Å²) in [6.45, 7) is 0.825. The smallest absolute Gasteiger partial charge is 0.0979 e. The Hall–Kier alpha value is -1.28. The zero-order chi connectivity index (χ0) is 9.80. The van der Waals surface area contributed by atoms with Gasteiger partial charge in [0.25, 0.3) is 0 Å². The van der Waals surface area contributed by atoms with Crippen molar-refractivity contribution in [2.75, 3.05) is 13.7 Å². The molecule has 0 amide bonds. The first-order valence-corrected chi connectivity index (χ1v) is 4.84. The van der Waals surface area contributed by atoms with Crippen LogP contribution in [0.3, 0.4) is 0 Å². The first-order chi connectivity index (χ1) is 6.90. The summed E-state index contributed by atoms with van der Waals surface area (Å²) >= 11 is 0. The van der Waals surface area contributed by atoms with Crippen molar-refractivity contribution in [3.8, 4) is 11.1 Å². The standard InChI is InChI=1S/C12H14O2/c1-13-5-2-3-10-7-11-4-6-14-9-12(11)8-10/h4,6-9H,2-3,5H2,1H3. The Balaban J connectivity index is 2.08. The molecule has 1 aliphatic carbocycles. The molecule has 0 fully saturated rings. The van der Waals surface area contributed by atoms with Crippen molar-refractivity contribution >= 4 is 0 Å². The lowest BCUT2D eigenvalue weighted by atomic mass is 10.2. The van der Waals surface area contributed by atoms with Crippen LogP contribution in [0.25, 0.3) is 11.1 Å². The highest BCUT2D eigenvalue weighted by Crippen LogP contribution is 2.25. The zero-order valence-corrected chi connectivity index (χ0v) is 8.32. The van der Waals surface area contributed by atoms with Crippen LogP contribution in [-0.2, 0) is 11.2 Å². The molecule has 2 heteroatoms. The lowest BCUT2D eigenvalue weighted by Gasteiger charge is -1.95. The van der Waals surface area contributed by atoms with E-state index in [1.807, 2.05) is 6.07 Å². The third-order valence-corrected chi connectivity index (χ3v) is 2.35. The van der Waals surface area contributed by atoms with Crippen LogP contribution in [0, 0.1) is 0 Å². The predicted molar refractivity (Wildman–Crippen MR) is 55.5 cm³/mol. The second kappa shape index (κ2) is 4.29. The van der Waals surface area contributed by atoms with E-state index >= 15 is 0 Å². The summed E-state index contributed by atoms with van der Waals surface area (Å²) in [7, 11) is 1.74. The summed E-state index contributed by atoms with van der Waals surface area (Å²) < 4.78 is 10.1. The van der Waals surface area contributed by atoms with E-state index in [9.17, 15) is 0 Å². The lowest BCUT2D eigenvalue weighted by Crippen LogP contribution is -1.90. The zero-order valence-electron chi connectivity index (χ0n) is 8.32. The Kier molecular flexibility index (Phi) is 2.84. The van der Waals surface area contributed by atoms with Gasteiger partial charge in [-0.2, -0.15) is 0 Å². The van der Waals surface area contributed by atoms with E-state index in [2.05, 4.69) is 12.1 Å². The largest absolute Gasteiger partial charge is 0.472 e. The molecule has 14 heavy (non-hydrogen) atoms. The molecular weight excluding hydrogens is 176 g/mol. The molecule has 1 heterocycles. The molecule has 0 unspecified atom stereocenters. The Labute approximate surface area is 83.8 Å². The average Bonchev–Trinajstić information content (AvgIpc) is 2.60. The van der Waals surface area contributed by atoms with Crippen molar-refractivity contribution in [2.24, 2.45) is 0 Å². The summed E-state index contributed by atoms with van der Waals surface area (Å²) in [5, 5.41) is 0. The maximum absolute atomic E-state index is 5.10. The fourth-order valence-corrected chi connectivity index (χ4v) is 1.64. The van der Waals surface area contributed by atoms with Crippen molar-refractivity contribution < 1.29 is 9.15 Å². The fourth-order valence-electron chi connectivity index (χ4n) is 1.64. The quantitative estimate of drug-likeness (QED) is 0.691. The van der Waals surface area contributed by atoms with E-state index in [4.69, 9.17) is 9.15 Å². The molecule has 0 saturated heterocycles. The van der Waals surface area contributed by atoms with Crippen molar-refractivity contribution in [1.29, 1.82) is 0 Å². The summed E-state index contributed by atoms with van der Waals surface area (Å²) in [4.78, 5) is 0. The average molecular weight is 190 g/mol. The molecule has 0 radical (unpaired) electrons. The Morgan fingerprint density at radius 2 is 2.14 bits per heavy atom. The van der Waals surface area contributed by atoms with Gasteiger partial charge in [0, 0.05) is 19.3 Å². The SMILES string of the molecule is COCCCc1cc2ccocc-2c1. The molecule has 0 saturated carbocycles. The molecule has 0 aromatic carbocycles. The highest BCUT2D eigenvalue weighted by Gasteiger charge is 2.05. The third kappa shape index (κ3) is 1.96. The number of fused-ring (bicyclic) bond motifs is 1. The molecule has 0 aromatic heterocycles. The summed E-state index contributed by atoms with van der Waals surface area (Å²) in [5.74, 6) is 0. The number of aryl methyl sites for hydroxylation is 1. The van der Waals surface area contributed by atoms with Crippen LogP contribution >= 0.6 is 0 Å². The summed E-state index contributed by atoms with van der Waals surface area (Å²) in [5.41, 5.74) is 3.79. The number of rotatable bonds is 4. The van der Waals surface area contributed by atoms with E-state index in [0.29, 0.717) is 0 Å². The van der Waals surface area contributed by atoms with Gasteiger partial charge in [-0.1, -0.05) is 6.07 Å². The van der Waals surface area contributed by atoms with Crippen LogP contribution < -0.4 is 0 Å². The van der Waals surface area contributed by atoms with E-state index in [1.165, 1.54) is 16.7 Å². The molecule has 2 rings (SSSR count). The number of ether oxygens (including phenoxy) is 1. The first-order valence-electron chi connectivity index (χ1n) is 4.84. The lowest BCUT2D eigenvalue weighted by molar-refractivity contribution is 0.195. The molecule has 0 N–H and O–H groups in total. The van der Waals surface area contributed by atoms with Gasteiger partial charge in [0.05, 0.1) is 12.5 Å². The molecule has 2 nitrogen and oxygen atoms in total. The second-order valence-electron chi connectivity index (χ2n) is 3.43. The highest BCUT2D eigenvalue weighted by atomic mass is 16.5. The first kappa shape index (κ1) is 9.28. The maximum atomic E-state index is 5.10. The number of hydrogen-bond acceptors (Lipinski definition) is 2. The minimum atomic E-state index is 0.825. The third-order valence-electron chi connectivity index (χ3n) is 2.35. The van der Waals surface area contributed by atoms with Crippen LogP contribution in [0.2, 0.25) is 0 Å². The van der Waals surface area contributed by atoms with Crippen LogP contribution in [0.15, 0.2) is 35.1 Å². The molecule has 0 spiro atoms. The minimum Gasteiger partial charge on any atom is -0.472 e. The normalized spacial score (nSPS) is 10.9. The molecule has 74 valence electrons. The van der Waals surface area contributed by atoms with Gasteiger partial charge in [0.2, 0.25) is 0 Å². The molecule has 2 aliphatic rings. The van der Waals surface area contributed by atoms with E-state index in [-0.39, 0.29) is 0 Å². The minimum absolute atomic E-state index is 0.825. The van der Waals surface area contributed by atoms with Crippen molar-refractivity contribution in [1.82, 2.24) is 0 Å². The highest BCUT2D eigenvalue weighted by molar-refractivity contribution is 5.66. The second-order valence-corrected chi connectivity index (χ2v) is 3.43. The van der Waals surface area contributed by atoms with Crippen LogP contribution in [0.1, 0.15) is 12.0 Å². The van der Waals surface area contributed by atoms with Gasteiger partial charge in [0.1, 0.15) is 0 Å². The van der Waals surface area contributed by atoms with Gasteiger partial charge in [0.15, 0.2) is 0 Å². The predicted octanol–water partition coefficient (Wildman–Crippen LogP) is 2.96. The van der Waals surface area contributed by atoms with Gasteiger partial charge in [-0.15, -0.1) is 0 Å². The van der Waals surface area contributed by atoms with E-state index in [1.54, 1.807) is 19.6 Å². The van der Waals surface area contributed by atoms with Crippen LogP contribution in [0.4, 0.5) is 0 Å². The maximum Gasteiger partial charge on any atom is 0.0979 e. The van der Waals surface area contributed by atoms with Gasteiger partial charge in [-0.05, 0) is 36.1 Å². The van der Waals surface area contributed by atoms with E-state index in [0.717, 1.165) is 19.4 Å². The Morgan fingerprint density at radius 3 is 2.93 bits per heavy atom. The van der Waals surface area contributed by atoms with Crippen molar-refractivity contribution in [3.05, 3.63) is 36.3 Å². The number of methoxy groups -OCH3 is 1. The van der Waals surface area contributed by atoms with Gasteiger partial charge >= 0.3 is 0 Å². The van der Waals surface area contributed by atoms with Crippen LogP contribution in [0.5, 0.6) is 0 Å². The molecule has 0 bridgehead atoms. The molecule has 1 aliphatic heterocycles. The van der Waals surface area contributed by atoms with Gasteiger partial charge in [-0.25, -0.2) is 0 Å². The fraction of sp³-hybridized carbons (Fsp3) is 0.333.